The van der Waals surface area contributed by atoms with Gasteiger partial charge in [0.2, 0.25) is 23.6 Å². The molecule has 0 saturated carbocycles. The highest BCUT2D eigenvalue weighted by Crippen LogP contribution is 2.49. The first kappa shape index (κ1) is 50.3. The van der Waals surface area contributed by atoms with Gasteiger partial charge in [0, 0.05) is 97.1 Å². The maximum atomic E-state index is 13.9. The van der Waals surface area contributed by atoms with Gasteiger partial charge in [-0.05, 0) is 214 Å². The Bertz CT molecular complexity index is 7840. The molecule has 20 rings (SSSR count). The summed E-state index contributed by atoms with van der Waals surface area (Å²) in [4.78, 5) is 60.5. The van der Waals surface area contributed by atoms with Crippen LogP contribution in [0, 0.1) is 23.7 Å². The van der Waals surface area contributed by atoms with E-state index in [0.29, 0.717) is 54.1 Å². The lowest BCUT2D eigenvalue weighted by Crippen LogP contribution is -2.49. The van der Waals surface area contributed by atoms with Crippen molar-refractivity contribution in [2.75, 3.05) is 105 Å². The number of likely N-dealkylation sites (tertiary alicyclic amines) is 4. The van der Waals surface area contributed by atoms with Crippen LogP contribution in [0.2, 0.25) is 0 Å². The Hall–Kier alpha value is -12.4. The second-order valence-corrected chi connectivity index (χ2v) is 32.1. The number of benzene rings is 12. The number of carbonyl (C=O) groups is 4. The van der Waals surface area contributed by atoms with E-state index in [0.717, 1.165) is 27.2 Å². The van der Waals surface area contributed by atoms with Crippen LogP contribution in [-0.4, -0.2) is 148 Å². The second-order valence-electron chi connectivity index (χ2n) is 32.1. The number of amides is 4. The Morgan fingerprint density at radius 1 is 0.312 bits per heavy atom. The fourth-order valence-electron chi connectivity index (χ4n) is 18.8. The van der Waals surface area contributed by atoms with Crippen molar-refractivity contribution in [1.82, 2.24) is 19.6 Å². The largest absolute Gasteiger partial charge is 0.493 e. The van der Waals surface area contributed by atoms with Crippen molar-refractivity contribution in [3.63, 3.8) is 0 Å². The molecule has 16 heteroatoms. The number of carbonyl (C=O) groups excluding carboxylic acids is 4. The van der Waals surface area contributed by atoms with Gasteiger partial charge in [-0.2, -0.15) is 0 Å². The predicted molar refractivity (Wildman–Crippen MR) is 507 cm³/mol. The van der Waals surface area contributed by atoms with E-state index in [2.05, 4.69) is 0 Å². The molecule has 4 fully saturated rings. The van der Waals surface area contributed by atoms with E-state index in [1.807, 2.05) is 126 Å². The summed E-state index contributed by atoms with van der Waals surface area (Å²) in [6, 6.07) is 38.0. The van der Waals surface area contributed by atoms with Crippen LogP contribution >= 0.6 is 0 Å². The minimum atomic E-state index is -2.86. The summed E-state index contributed by atoms with van der Waals surface area (Å²) >= 11 is 0. The van der Waals surface area contributed by atoms with Gasteiger partial charge < -0.3 is 61.5 Å². The summed E-state index contributed by atoms with van der Waals surface area (Å²) in [5.41, 5.74) is 19.1. The first-order valence-electron chi connectivity index (χ1n) is 63.1. The van der Waals surface area contributed by atoms with Gasteiger partial charge in [0.1, 0.15) is 44.7 Å². The van der Waals surface area contributed by atoms with Gasteiger partial charge in [0.15, 0.2) is 0 Å². The molecular weight excluding hydrogens is 1590 g/mol. The lowest BCUT2D eigenvalue weighted by molar-refractivity contribution is -0.124. The van der Waals surface area contributed by atoms with Crippen LogP contribution in [0.5, 0.6) is 23.0 Å². The third kappa shape index (κ3) is 18.4. The fourth-order valence-corrected chi connectivity index (χ4v) is 18.8. The van der Waals surface area contributed by atoms with Gasteiger partial charge in [0.25, 0.3) is 0 Å². The SMILES string of the molecule is [2H]C([2H])(CN1CC[C@@H](C(C(N)=O)(c2ccccc2)c2ccccc2)C1)c1ccc2c(c1)C([2H])([2H])C([2H])([2H])O2.[2H]C1([2H])Cc2cc(C([2H])([2H])C([2H])([2H])N3CC[C@@H](C(C(N)=O)(c4ccccc4)c4ccccc4)C3)ccc2O1.[2H]c1c([2H])c([2H])c(C(C(N)=O)(c2c([2H])c([2H])c([2H])c([2H])c2[2H])[C@@H]2CCN(C([2H])([2H])C([2H])([2H])c3ccc4c(c3)CC([2H])([2H])O4)C2)c([2H])c1[2H].[2H]c1c([2H])c([2H])c(C(C(N)=O)(c2c([2H])c([2H])c([2H])c([2H])c2[2H])[C@@H]2CCN(CC([2H])([2H])c3ccc4c(c3)CC([2H])([2H])O4)C2)c([2H])c1[2H]. The summed E-state index contributed by atoms with van der Waals surface area (Å²) < 4.78 is 375. The van der Waals surface area contributed by atoms with E-state index in [-0.39, 0.29) is 123 Å². The van der Waals surface area contributed by atoms with Gasteiger partial charge in [-0.15, -0.1) is 0 Å². The molecule has 0 radical (unpaired) electrons. The Labute approximate surface area is 813 Å². The fraction of sp³-hybridized carbons (Fsp3) is 0.321. The molecule has 4 saturated heterocycles. The molecular formula is C112H120N8O8. The molecule has 656 valence electrons. The topological polar surface area (TPSA) is 222 Å². The van der Waals surface area contributed by atoms with Crippen molar-refractivity contribution < 1.29 is 95.7 Å². The molecule has 4 amide bonds. The molecule has 8 aliphatic heterocycles. The van der Waals surface area contributed by atoms with Crippen molar-refractivity contribution in [1.29, 1.82) is 0 Å². The molecule has 0 aliphatic carbocycles. The van der Waals surface area contributed by atoms with Gasteiger partial charge in [0.05, 0.1) is 64.6 Å². The summed E-state index contributed by atoms with van der Waals surface area (Å²) in [5.74, 6) is -5.81. The standard InChI is InChI=1S/4C28H30N2O2/c4*29-27(31)28(23-7-3-1-4-8-23,24-9-5-2-6-10-24)25-14-17-30(20-25)16-13-21-11-12-26-22(19-21)15-18-32-26/h4*1-12,19,25H,13-18,20H2,(H2,29,31)/t4*25-/m1111/s1/i1D,2D,3D,4D,5D,6D,7D,8D,9D,10D,13D2,16D2,18D2;1D,2D,3D,4D,5D,6D,7D,8D,9D,10D,13D2,18D2;13D2,16D2,18D2;13D2,15D2,18D2. The van der Waals surface area contributed by atoms with E-state index in [1.54, 1.807) is 4.90 Å². The Morgan fingerprint density at radius 3 is 0.859 bits per heavy atom. The third-order valence-corrected chi connectivity index (χ3v) is 25.0. The molecule has 128 heavy (non-hydrogen) atoms. The molecule has 8 N–H and O–H groups in total. The molecule has 4 atom stereocenters. The Morgan fingerprint density at radius 2 is 0.562 bits per heavy atom. The Kier molecular flexibility index (Phi) is 15.8. The van der Waals surface area contributed by atoms with Crippen LogP contribution < -0.4 is 41.9 Å². The number of hydrogen-bond acceptors (Lipinski definition) is 12. The van der Waals surface area contributed by atoms with Gasteiger partial charge in [-0.3, -0.25) is 19.2 Å². The Balaban J connectivity index is 0.000000151. The highest BCUT2D eigenvalue weighted by atomic mass is 16.5. The van der Waals surface area contributed by atoms with Crippen molar-refractivity contribution in [2.24, 2.45) is 46.6 Å². The molecule has 8 aliphatic rings. The zero-order chi connectivity index (χ0) is 125. The normalized spacial score (nSPS) is 25.7. The number of ether oxygens (including phenoxy) is 4. The quantitative estimate of drug-likeness (QED) is 0.0360. The number of nitrogens with zero attached hydrogens (tertiary/aromatic N) is 4. The maximum Gasteiger partial charge on any atom is 0.232 e. The predicted octanol–water partition coefficient (Wildman–Crippen LogP) is 15.8. The molecule has 12 aromatic carbocycles. The van der Waals surface area contributed by atoms with E-state index >= 15 is 0 Å². The molecule has 12 aromatic rings. The summed E-state index contributed by atoms with van der Waals surface area (Å²) in [6.07, 6.45) is -10.9. The van der Waals surface area contributed by atoms with Crippen LogP contribution in [0.1, 0.15) is 172 Å². The third-order valence-electron chi connectivity index (χ3n) is 25.0. The molecule has 0 spiro atoms. The molecule has 16 nitrogen and oxygen atoms in total. The number of fused-ring (bicyclic) bond motifs is 4. The summed E-state index contributed by atoms with van der Waals surface area (Å²) in [5, 5.41) is 0. The lowest BCUT2D eigenvalue weighted by atomic mass is 9.64. The molecule has 0 bridgehead atoms. The zero-order valence-corrected chi connectivity index (χ0v) is 69.7. The van der Waals surface area contributed by atoms with Gasteiger partial charge in [-0.25, -0.2) is 0 Å². The smallest absolute Gasteiger partial charge is 0.232 e. The van der Waals surface area contributed by atoms with Crippen LogP contribution in [0.15, 0.2) is 315 Å². The summed E-state index contributed by atoms with van der Waals surface area (Å²) in [6.45, 7) is -13.3. The van der Waals surface area contributed by atoms with E-state index in [9.17, 15) is 19.2 Å². The van der Waals surface area contributed by atoms with Crippen molar-refractivity contribution in [2.45, 2.75) is 98.5 Å². The highest BCUT2D eigenvalue weighted by Gasteiger charge is 2.54. The van der Waals surface area contributed by atoms with E-state index < -0.39 is 284 Å². The van der Waals surface area contributed by atoms with Crippen LogP contribution in [0.3, 0.4) is 0 Å². The number of rotatable bonds is 28. The minimum absolute atomic E-state index is 0.00377. The average molecular weight is 1750 g/mol. The first-order chi connectivity index (χ1) is 79.1. The maximum absolute atomic E-state index is 13.9. The monoisotopic (exact) mass is 1750 g/mol. The molecule has 8 heterocycles. The average Bonchev–Trinajstić information content (AvgIpc) is 1.15. The molecule has 0 aromatic heterocycles. The molecule has 0 unspecified atom stereocenters. The number of primary amides is 4. The van der Waals surface area contributed by atoms with E-state index in [1.165, 1.54) is 77.7 Å². The van der Waals surface area contributed by atoms with Gasteiger partial charge >= 0.3 is 0 Å². The van der Waals surface area contributed by atoms with Crippen LogP contribution in [0.4, 0.5) is 0 Å². The number of nitrogens with two attached hydrogens (primary N) is 4. The lowest BCUT2D eigenvalue weighted by Gasteiger charge is -2.37. The highest BCUT2D eigenvalue weighted by molar-refractivity contribution is 5.94. The van der Waals surface area contributed by atoms with Crippen LogP contribution in [-0.2, 0) is 92.0 Å². The van der Waals surface area contributed by atoms with Crippen molar-refractivity contribution in [3.8, 4) is 23.0 Å². The summed E-state index contributed by atoms with van der Waals surface area (Å²) in [7, 11) is 0. The minimum Gasteiger partial charge on any atom is -0.493 e. The number of aryl methyl sites for hydroxylation is 6. The van der Waals surface area contributed by atoms with Crippen molar-refractivity contribution >= 4 is 23.6 Å². The van der Waals surface area contributed by atoms with E-state index in [4.69, 9.17) is 99.5 Å². The number of hydrogen-bond donors (Lipinski definition) is 4. The second kappa shape index (κ2) is 40.3. The first-order valence-corrected chi connectivity index (χ1v) is 42.1. The van der Waals surface area contributed by atoms with Gasteiger partial charge in [-0.1, -0.05) is 291 Å². The van der Waals surface area contributed by atoms with Crippen LogP contribution in [0.25, 0.3) is 0 Å². The zero-order valence-electron chi connectivity index (χ0n) is 112. The van der Waals surface area contributed by atoms with Crippen molar-refractivity contribution in [3.05, 3.63) is 404 Å².